The monoisotopic (exact) mass is 295 g/mol. The molecule has 0 unspecified atom stereocenters. The maximum absolute atomic E-state index is 13.3. The molecule has 0 heterocycles. The third-order valence-electron chi connectivity index (χ3n) is 2.16. The van der Waals surface area contributed by atoms with Crippen LogP contribution in [0, 0.1) is 11.6 Å². The fourth-order valence-corrected chi connectivity index (χ4v) is 1.35. The lowest BCUT2D eigenvalue weighted by Gasteiger charge is -2.26. The van der Waals surface area contributed by atoms with Crippen molar-refractivity contribution in [3.63, 3.8) is 0 Å². The molecule has 0 radical (unpaired) electrons. The van der Waals surface area contributed by atoms with Crippen LogP contribution in [0.1, 0.15) is 11.6 Å². The SMILES string of the molecule is N[C@H](c1c(F)ccc(Cl)c1F)C(F)(F)C(F)(F)F. The molecule has 0 saturated carbocycles. The Morgan fingerprint density at radius 3 is 2.00 bits per heavy atom. The highest BCUT2D eigenvalue weighted by atomic mass is 35.5. The van der Waals surface area contributed by atoms with Crippen LogP contribution in [0.5, 0.6) is 0 Å². The summed E-state index contributed by atoms with van der Waals surface area (Å²) in [6, 6.07) is -2.10. The summed E-state index contributed by atoms with van der Waals surface area (Å²) in [7, 11) is 0. The first kappa shape index (κ1) is 15.0. The second-order valence-electron chi connectivity index (χ2n) is 3.36. The van der Waals surface area contributed by atoms with Crippen molar-refractivity contribution in [2.75, 3.05) is 0 Å². The molecule has 0 fully saturated rings. The zero-order valence-corrected chi connectivity index (χ0v) is 9.09. The predicted octanol–water partition coefficient (Wildman–Crippen LogP) is 3.82. The first-order valence-electron chi connectivity index (χ1n) is 4.33. The average Bonchev–Trinajstić information content (AvgIpc) is 2.22. The Labute approximate surface area is 101 Å². The van der Waals surface area contributed by atoms with Gasteiger partial charge in [-0.3, -0.25) is 0 Å². The highest BCUT2D eigenvalue weighted by Crippen LogP contribution is 2.44. The van der Waals surface area contributed by atoms with E-state index in [1.165, 1.54) is 0 Å². The Kier molecular flexibility index (Phi) is 3.83. The van der Waals surface area contributed by atoms with Gasteiger partial charge in [-0.15, -0.1) is 0 Å². The molecular formula is C9H5ClF7N. The summed E-state index contributed by atoms with van der Waals surface area (Å²) in [6.45, 7) is 0. The Hall–Kier alpha value is -1.02. The molecule has 1 nitrogen and oxygen atoms in total. The minimum Gasteiger partial charge on any atom is -0.319 e. The van der Waals surface area contributed by atoms with E-state index in [0.29, 0.717) is 12.1 Å². The molecular weight excluding hydrogens is 291 g/mol. The molecule has 0 aliphatic carbocycles. The molecule has 1 atom stereocenters. The van der Waals surface area contributed by atoms with E-state index in [0.717, 1.165) is 0 Å². The van der Waals surface area contributed by atoms with Gasteiger partial charge in [0, 0.05) is 5.56 Å². The largest absolute Gasteiger partial charge is 0.455 e. The van der Waals surface area contributed by atoms with Crippen LogP contribution in [0.2, 0.25) is 5.02 Å². The van der Waals surface area contributed by atoms with E-state index in [-0.39, 0.29) is 0 Å². The molecule has 0 spiro atoms. The van der Waals surface area contributed by atoms with E-state index in [4.69, 9.17) is 11.6 Å². The lowest BCUT2D eigenvalue weighted by molar-refractivity contribution is -0.291. The van der Waals surface area contributed by atoms with Crippen molar-refractivity contribution in [3.05, 3.63) is 34.4 Å². The zero-order valence-electron chi connectivity index (χ0n) is 8.33. The zero-order chi connectivity index (χ0) is 14.3. The van der Waals surface area contributed by atoms with Crippen LogP contribution < -0.4 is 5.73 Å². The molecule has 2 N–H and O–H groups in total. The van der Waals surface area contributed by atoms with E-state index in [2.05, 4.69) is 5.73 Å². The summed E-state index contributed by atoms with van der Waals surface area (Å²) in [5.74, 6) is -8.86. The number of benzene rings is 1. The smallest absolute Gasteiger partial charge is 0.319 e. The van der Waals surface area contributed by atoms with Gasteiger partial charge in [0.2, 0.25) is 0 Å². The van der Waals surface area contributed by atoms with Gasteiger partial charge in [0.1, 0.15) is 17.7 Å². The number of hydrogen-bond acceptors (Lipinski definition) is 1. The van der Waals surface area contributed by atoms with Gasteiger partial charge in [-0.05, 0) is 12.1 Å². The Bertz CT molecular complexity index is 457. The molecule has 1 aromatic rings. The molecule has 18 heavy (non-hydrogen) atoms. The predicted molar refractivity (Wildman–Crippen MR) is 49.3 cm³/mol. The third kappa shape index (κ3) is 2.39. The molecule has 102 valence electrons. The van der Waals surface area contributed by atoms with Gasteiger partial charge < -0.3 is 5.73 Å². The summed E-state index contributed by atoms with van der Waals surface area (Å²) in [5.41, 5.74) is 3.01. The van der Waals surface area contributed by atoms with Crippen LogP contribution in [-0.2, 0) is 0 Å². The van der Waals surface area contributed by atoms with E-state index >= 15 is 0 Å². The van der Waals surface area contributed by atoms with Gasteiger partial charge in [0.25, 0.3) is 0 Å². The van der Waals surface area contributed by atoms with Gasteiger partial charge >= 0.3 is 12.1 Å². The highest BCUT2D eigenvalue weighted by Gasteiger charge is 2.62. The summed E-state index contributed by atoms with van der Waals surface area (Å²) in [5, 5.41) is -0.806. The molecule has 0 amide bonds. The number of hydrogen-bond donors (Lipinski definition) is 1. The van der Waals surface area contributed by atoms with E-state index in [1.54, 1.807) is 0 Å². The normalized spacial score (nSPS) is 14.7. The fourth-order valence-electron chi connectivity index (χ4n) is 1.19. The van der Waals surface area contributed by atoms with Crippen molar-refractivity contribution in [2.24, 2.45) is 5.73 Å². The van der Waals surface area contributed by atoms with Crippen LogP contribution in [-0.4, -0.2) is 12.1 Å². The lowest BCUT2D eigenvalue weighted by Crippen LogP contribution is -2.46. The molecule has 0 aliphatic heterocycles. The Morgan fingerprint density at radius 1 is 1.06 bits per heavy atom. The van der Waals surface area contributed by atoms with Gasteiger partial charge in [-0.1, -0.05) is 11.6 Å². The Balaban J connectivity index is 3.36. The number of nitrogens with two attached hydrogens (primary N) is 1. The molecule has 0 bridgehead atoms. The van der Waals surface area contributed by atoms with Crippen LogP contribution in [0.15, 0.2) is 12.1 Å². The lowest BCUT2D eigenvalue weighted by atomic mass is 10.00. The van der Waals surface area contributed by atoms with Crippen LogP contribution in [0.4, 0.5) is 30.7 Å². The number of halogens is 8. The van der Waals surface area contributed by atoms with Crippen molar-refractivity contribution in [1.82, 2.24) is 0 Å². The maximum atomic E-state index is 13.3. The number of alkyl halides is 5. The molecule has 0 saturated heterocycles. The van der Waals surface area contributed by atoms with E-state index < -0.39 is 40.4 Å². The summed E-state index contributed by atoms with van der Waals surface area (Å²) < 4.78 is 88.2. The highest BCUT2D eigenvalue weighted by molar-refractivity contribution is 6.30. The van der Waals surface area contributed by atoms with Crippen molar-refractivity contribution in [1.29, 1.82) is 0 Å². The van der Waals surface area contributed by atoms with Crippen molar-refractivity contribution in [2.45, 2.75) is 18.1 Å². The second kappa shape index (κ2) is 4.58. The molecule has 0 aromatic heterocycles. The van der Waals surface area contributed by atoms with Gasteiger partial charge in [-0.25, -0.2) is 8.78 Å². The van der Waals surface area contributed by atoms with Gasteiger partial charge in [0.05, 0.1) is 5.02 Å². The second-order valence-corrected chi connectivity index (χ2v) is 3.76. The minimum atomic E-state index is -6.03. The molecule has 0 aliphatic rings. The van der Waals surface area contributed by atoms with E-state index in [1.807, 2.05) is 0 Å². The fraction of sp³-hybridized carbons (Fsp3) is 0.333. The molecule has 1 rings (SSSR count). The van der Waals surface area contributed by atoms with Crippen molar-refractivity contribution < 1.29 is 30.7 Å². The van der Waals surface area contributed by atoms with Crippen molar-refractivity contribution >= 4 is 11.6 Å². The first-order valence-corrected chi connectivity index (χ1v) is 4.71. The van der Waals surface area contributed by atoms with Crippen molar-refractivity contribution in [3.8, 4) is 0 Å². The van der Waals surface area contributed by atoms with Crippen LogP contribution >= 0.6 is 11.6 Å². The topological polar surface area (TPSA) is 26.0 Å². The minimum absolute atomic E-state index is 0.451. The van der Waals surface area contributed by atoms with Crippen LogP contribution in [0.3, 0.4) is 0 Å². The Morgan fingerprint density at radius 2 is 1.56 bits per heavy atom. The maximum Gasteiger partial charge on any atom is 0.455 e. The summed E-state index contributed by atoms with van der Waals surface area (Å²) in [4.78, 5) is 0. The van der Waals surface area contributed by atoms with Gasteiger partial charge in [0.15, 0.2) is 0 Å². The number of rotatable bonds is 2. The third-order valence-corrected chi connectivity index (χ3v) is 2.45. The van der Waals surface area contributed by atoms with Gasteiger partial charge in [-0.2, -0.15) is 22.0 Å². The van der Waals surface area contributed by atoms with E-state index in [9.17, 15) is 30.7 Å². The summed E-state index contributed by atoms with van der Waals surface area (Å²) in [6.07, 6.45) is -6.03. The molecule has 1 aromatic carbocycles. The standard InChI is InChI=1S/C9H5ClF7N/c10-3-1-2-4(11)5(6(3)12)7(18)8(13,14)9(15,16)17/h1-2,7H,18H2/t7-/m1/s1. The summed E-state index contributed by atoms with van der Waals surface area (Å²) >= 11 is 5.17. The average molecular weight is 296 g/mol. The first-order chi connectivity index (χ1) is 8.00. The molecule has 9 heteroatoms. The van der Waals surface area contributed by atoms with Crippen LogP contribution in [0.25, 0.3) is 0 Å². The quantitative estimate of drug-likeness (QED) is 0.651.